The molecule has 0 aromatic heterocycles. The molecular formula is C18H21N3O7S2. The summed E-state index contributed by atoms with van der Waals surface area (Å²) < 4.78 is 51.0. The monoisotopic (exact) mass is 455 g/mol. The Morgan fingerprint density at radius 3 is 2.17 bits per heavy atom. The lowest BCUT2D eigenvalue weighted by molar-refractivity contribution is -0.385. The Hall–Kier alpha value is -2.83. The zero-order valence-corrected chi connectivity index (χ0v) is 18.3. The van der Waals surface area contributed by atoms with Crippen LogP contribution in [0.4, 0.5) is 11.4 Å². The molecule has 0 aliphatic heterocycles. The molecule has 0 saturated carbocycles. The van der Waals surface area contributed by atoms with Crippen molar-refractivity contribution < 1.29 is 26.6 Å². The van der Waals surface area contributed by atoms with E-state index >= 15 is 0 Å². The first-order valence-electron chi connectivity index (χ1n) is 8.53. The van der Waals surface area contributed by atoms with Crippen molar-refractivity contribution in [2.45, 2.75) is 36.1 Å². The first-order valence-corrected chi connectivity index (χ1v) is 11.9. The van der Waals surface area contributed by atoms with Crippen LogP contribution in [0.5, 0.6) is 0 Å². The Bertz CT molecular complexity index is 1210. The number of amides is 1. The Labute approximate surface area is 174 Å². The van der Waals surface area contributed by atoms with E-state index in [4.69, 9.17) is 0 Å². The van der Waals surface area contributed by atoms with Crippen LogP contribution in [0.25, 0.3) is 0 Å². The summed E-state index contributed by atoms with van der Waals surface area (Å²) in [5, 5.41) is 13.5. The minimum atomic E-state index is -3.85. The summed E-state index contributed by atoms with van der Waals surface area (Å²) in [7, 11) is -7.66. The van der Waals surface area contributed by atoms with Crippen molar-refractivity contribution in [3.05, 3.63) is 58.1 Å². The second kappa shape index (κ2) is 8.13. The van der Waals surface area contributed by atoms with Gasteiger partial charge in [0.15, 0.2) is 9.84 Å². The highest BCUT2D eigenvalue weighted by atomic mass is 32.2. The molecule has 0 aliphatic carbocycles. The maximum absolute atomic E-state index is 12.6. The normalized spacial score (nSPS) is 12.4. The number of anilines is 1. The van der Waals surface area contributed by atoms with Gasteiger partial charge in [0.05, 0.1) is 14.7 Å². The van der Waals surface area contributed by atoms with Gasteiger partial charge in [0.25, 0.3) is 11.6 Å². The number of hydrogen-bond acceptors (Lipinski definition) is 7. The quantitative estimate of drug-likeness (QED) is 0.501. The molecule has 2 aromatic carbocycles. The highest BCUT2D eigenvalue weighted by Crippen LogP contribution is 2.23. The van der Waals surface area contributed by atoms with Gasteiger partial charge < -0.3 is 5.32 Å². The van der Waals surface area contributed by atoms with Crippen LogP contribution in [0.15, 0.2) is 52.3 Å². The molecule has 2 aromatic rings. The summed E-state index contributed by atoms with van der Waals surface area (Å²) in [5.74, 6) is -0.832. The molecule has 0 atom stereocenters. The lowest BCUT2D eigenvalue weighted by Crippen LogP contribution is -2.40. The number of hydrogen-bond donors (Lipinski definition) is 2. The topological polar surface area (TPSA) is 153 Å². The van der Waals surface area contributed by atoms with Crippen LogP contribution >= 0.6 is 0 Å². The molecular weight excluding hydrogens is 434 g/mol. The Balaban J connectivity index is 2.40. The molecule has 0 aliphatic rings. The zero-order chi connectivity index (χ0) is 22.9. The number of rotatable bonds is 6. The number of benzene rings is 2. The summed E-state index contributed by atoms with van der Waals surface area (Å²) in [6.07, 6.45) is 0.865. The van der Waals surface area contributed by atoms with Crippen molar-refractivity contribution >= 4 is 37.1 Å². The van der Waals surface area contributed by atoms with Crippen LogP contribution in [-0.4, -0.2) is 39.5 Å². The molecule has 30 heavy (non-hydrogen) atoms. The second-order valence-corrected chi connectivity index (χ2v) is 11.3. The molecule has 0 bridgehead atoms. The highest BCUT2D eigenvalue weighted by molar-refractivity contribution is 7.90. The predicted molar refractivity (Wildman–Crippen MR) is 111 cm³/mol. The number of non-ortho nitro benzene ring substituents is 1. The summed E-state index contributed by atoms with van der Waals surface area (Å²) >= 11 is 0. The fraction of sp³-hybridized carbons (Fsp3) is 0.278. The van der Waals surface area contributed by atoms with E-state index in [0.29, 0.717) is 0 Å². The van der Waals surface area contributed by atoms with Gasteiger partial charge in [-0.3, -0.25) is 14.9 Å². The molecule has 0 heterocycles. The number of nitrogens with zero attached hydrogens (tertiary/aromatic N) is 1. The first kappa shape index (κ1) is 23.4. The van der Waals surface area contributed by atoms with Crippen LogP contribution in [0.3, 0.4) is 0 Å². The molecule has 0 fully saturated rings. The van der Waals surface area contributed by atoms with Crippen molar-refractivity contribution in [3.63, 3.8) is 0 Å². The molecule has 2 N–H and O–H groups in total. The Morgan fingerprint density at radius 1 is 1.00 bits per heavy atom. The number of nitro benzene ring substituents is 1. The van der Waals surface area contributed by atoms with E-state index in [2.05, 4.69) is 10.0 Å². The molecule has 1 amide bonds. The minimum absolute atomic E-state index is 0.0916. The van der Waals surface area contributed by atoms with Gasteiger partial charge >= 0.3 is 0 Å². The fourth-order valence-corrected chi connectivity index (χ4v) is 4.58. The summed E-state index contributed by atoms with van der Waals surface area (Å²) in [6.45, 7) is 5.04. The lowest BCUT2D eigenvalue weighted by Gasteiger charge is -2.20. The van der Waals surface area contributed by atoms with E-state index in [9.17, 15) is 31.7 Å². The van der Waals surface area contributed by atoms with E-state index in [1.807, 2.05) is 0 Å². The lowest BCUT2D eigenvalue weighted by atomic mass is 10.1. The van der Waals surface area contributed by atoms with Crippen LogP contribution in [0.2, 0.25) is 0 Å². The number of nitrogens with one attached hydrogen (secondary N) is 2. The largest absolute Gasteiger partial charge is 0.322 e. The van der Waals surface area contributed by atoms with E-state index < -0.39 is 41.9 Å². The molecule has 0 unspecified atom stereocenters. The third-order valence-corrected chi connectivity index (χ3v) is 6.48. The minimum Gasteiger partial charge on any atom is -0.322 e. The predicted octanol–water partition coefficient (Wildman–Crippen LogP) is 2.33. The third-order valence-electron chi connectivity index (χ3n) is 3.64. The average Bonchev–Trinajstić information content (AvgIpc) is 2.58. The van der Waals surface area contributed by atoms with Crippen molar-refractivity contribution in [2.75, 3.05) is 11.6 Å². The van der Waals surface area contributed by atoms with Crippen molar-refractivity contribution in [1.29, 1.82) is 0 Å². The van der Waals surface area contributed by atoms with Crippen LogP contribution < -0.4 is 10.0 Å². The van der Waals surface area contributed by atoms with E-state index in [1.54, 1.807) is 20.8 Å². The van der Waals surface area contributed by atoms with Crippen molar-refractivity contribution in [3.8, 4) is 0 Å². The summed E-state index contributed by atoms with van der Waals surface area (Å²) in [5.41, 5.74) is -1.42. The number of carbonyl (C=O) groups is 1. The average molecular weight is 456 g/mol. The number of sulfone groups is 1. The molecule has 2 rings (SSSR count). The van der Waals surface area contributed by atoms with Crippen LogP contribution in [-0.2, 0) is 19.9 Å². The summed E-state index contributed by atoms with van der Waals surface area (Å²) in [4.78, 5) is 22.4. The second-order valence-electron chi connectivity index (χ2n) is 7.58. The smallest absolute Gasteiger partial charge is 0.271 e. The van der Waals surface area contributed by atoms with Gasteiger partial charge in [-0.2, -0.15) is 0 Å². The van der Waals surface area contributed by atoms with Crippen LogP contribution in [0.1, 0.15) is 31.1 Å². The zero-order valence-electron chi connectivity index (χ0n) is 16.7. The van der Waals surface area contributed by atoms with E-state index in [0.717, 1.165) is 24.5 Å². The number of carbonyl (C=O) groups excluding carboxylic acids is 1. The Kier molecular flexibility index (Phi) is 6.35. The maximum atomic E-state index is 12.6. The van der Waals surface area contributed by atoms with Gasteiger partial charge in [-0.15, -0.1) is 0 Å². The van der Waals surface area contributed by atoms with Gasteiger partial charge in [0, 0.05) is 35.2 Å². The molecule has 0 spiro atoms. The molecule has 0 radical (unpaired) electrons. The number of nitro groups is 1. The van der Waals surface area contributed by atoms with E-state index in [-0.39, 0.29) is 21.0 Å². The third kappa shape index (κ3) is 6.08. The number of sulfonamides is 1. The van der Waals surface area contributed by atoms with Gasteiger partial charge in [0.2, 0.25) is 10.0 Å². The fourth-order valence-electron chi connectivity index (χ4n) is 2.44. The first-order chi connectivity index (χ1) is 13.6. The molecule has 12 heteroatoms. The molecule has 162 valence electrons. The van der Waals surface area contributed by atoms with Crippen molar-refractivity contribution in [1.82, 2.24) is 4.72 Å². The standard InChI is InChI=1S/C18H21N3O7S2/c1-18(2,3)20-30(27,28)15-7-5-6-13(10-15)19-17(22)12-8-14(21(23)24)11-16(9-12)29(4,25)26/h5-11,20H,1-4H3,(H,19,22). The van der Waals surface area contributed by atoms with Gasteiger partial charge in [0.1, 0.15) is 0 Å². The Morgan fingerprint density at radius 2 is 1.63 bits per heavy atom. The van der Waals surface area contributed by atoms with Gasteiger partial charge in [-0.05, 0) is 45.0 Å². The highest BCUT2D eigenvalue weighted by Gasteiger charge is 2.23. The summed E-state index contributed by atoms with van der Waals surface area (Å²) in [6, 6.07) is 8.23. The van der Waals surface area contributed by atoms with Gasteiger partial charge in [-0.1, -0.05) is 6.07 Å². The van der Waals surface area contributed by atoms with Crippen molar-refractivity contribution in [2.24, 2.45) is 0 Å². The SMILES string of the molecule is CC(C)(C)NS(=O)(=O)c1cccc(NC(=O)c2cc([N+](=O)[O-])cc(S(C)(=O)=O)c2)c1. The van der Waals surface area contributed by atoms with Gasteiger partial charge in [-0.25, -0.2) is 21.6 Å². The molecule has 10 nitrogen and oxygen atoms in total. The molecule has 0 saturated heterocycles. The van der Waals surface area contributed by atoms with Crippen LogP contribution in [0, 0.1) is 10.1 Å². The van der Waals surface area contributed by atoms with E-state index in [1.165, 1.54) is 24.3 Å². The maximum Gasteiger partial charge on any atom is 0.271 e.